The van der Waals surface area contributed by atoms with Crippen molar-refractivity contribution in [2.75, 3.05) is 33.5 Å². The fraction of sp³-hybridized carbons (Fsp3) is 0.435. The second kappa shape index (κ2) is 10.1. The molecule has 1 amide bonds. The van der Waals surface area contributed by atoms with Crippen molar-refractivity contribution in [2.45, 2.75) is 31.1 Å². The van der Waals surface area contributed by atoms with Gasteiger partial charge in [0.25, 0.3) is 0 Å². The lowest BCUT2D eigenvalue weighted by molar-refractivity contribution is -0.126. The fourth-order valence-electron chi connectivity index (χ4n) is 3.89. The summed E-state index contributed by atoms with van der Waals surface area (Å²) in [7, 11) is 1.70. The van der Waals surface area contributed by atoms with Gasteiger partial charge < -0.3 is 19.5 Å². The lowest BCUT2D eigenvalue weighted by Crippen LogP contribution is -2.40. The van der Waals surface area contributed by atoms with Gasteiger partial charge in [0.05, 0.1) is 13.7 Å². The lowest BCUT2D eigenvalue weighted by Gasteiger charge is -2.31. The first-order valence-electron chi connectivity index (χ1n) is 9.89. The molecule has 150 valence electrons. The van der Waals surface area contributed by atoms with Crippen LogP contribution in [0.25, 0.3) is 0 Å². The highest BCUT2D eigenvalue weighted by atomic mass is 16.5. The van der Waals surface area contributed by atoms with Crippen molar-refractivity contribution in [1.82, 2.24) is 5.32 Å². The third kappa shape index (κ3) is 5.26. The van der Waals surface area contributed by atoms with Crippen molar-refractivity contribution in [3.05, 3.63) is 60.2 Å². The largest absolute Gasteiger partial charge is 0.496 e. The molecule has 1 N–H and O–H groups in total. The van der Waals surface area contributed by atoms with Crippen molar-refractivity contribution in [2.24, 2.45) is 0 Å². The number of nitrogens with one attached hydrogen (secondary N) is 1. The zero-order chi connectivity index (χ0) is 19.7. The van der Waals surface area contributed by atoms with E-state index in [1.165, 1.54) is 18.4 Å². The van der Waals surface area contributed by atoms with E-state index in [-0.39, 0.29) is 17.9 Å². The Balaban J connectivity index is 1.44. The second-order valence-electron chi connectivity index (χ2n) is 7.18. The van der Waals surface area contributed by atoms with E-state index < -0.39 is 0 Å². The van der Waals surface area contributed by atoms with E-state index in [0.29, 0.717) is 19.8 Å². The predicted molar refractivity (Wildman–Crippen MR) is 109 cm³/mol. The van der Waals surface area contributed by atoms with Gasteiger partial charge in [-0.15, -0.1) is 0 Å². The van der Waals surface area contributed by atoms with Crippen LogP contribution < -0.4 is 14.8 Å². The third-order valence-corrected chi connectivity index (χ3v) is 5.34. The molecule has 0 saturated heterocycles. The van der Waals surface area contributed by atoms with E-state index in [1.54, 1.807) is 7.11 Å². The van der Waals surface area contributed by atoms with Gasteiger partial charge in [0.2, 0.25) is 5.91 Å². The molecule has 1 aliphatic rings. The molecule has 0 aromatic heterocycles. The Morgan fingerprint density at radius 2 is 1.71 bits per heavy atom. The Labute approximate surface area is 167 Å². The number of rotatable bonds is 10. The van der Waals surface area contributed by atoms with Gasteiger partial charge >= 0.3 is 0 Å². The van der Waals surface area contributed by atoms with E-state index in [0.717, 1.165) is 24.3 Å². The lowest BCUT2D eigenvalue weighted by atomic mass is 9.78. The quantitative estimate of drug-likeness (QED) is 0.636. The van der Waals surface area contributed by atoms with E-state index >= 15 is 0 Å². The fourth-order valence-corrected chi connectivity index (χ4v) is 3.89. The van der Waals surface area contributed by atoms with E-state index in [4.69, 9.17) is 14.2 Å². The topological polar surface area (TPSA) is 56.8 Å². The molecule has 5 nitrogen and oxygen atoms in total. The Morgan fingerprint density at radius 1 is 1.00 bits per heavy atom. The number of amides is 1. The van der Waals surface area contributed by atoms with Crippen LogP contribution in [-0.2, 0) is 14.9 Å². The molecule has 0 bridgehead atoms. The average molecular weight is 383 g/mol. The average Bonchev–Trinajstić information content (AvgIpc) is 3.23. The van der Waals surface area contributed by atoms with Gasteiger partial charge in [-0.1, -0.05) is 49.2 Å². The van der Waals surface area contributed by atoms with Gasteiger partial charge in [-0.25, -0.2) is 0 Å². The maximum atomic E-state index is 12.3. The van der Waals surface area contributed by atoms with Crippen LogP contribution in [0.5, 0.6) is 11.5 Å². The molecule has 1 saturated carbocycles. The Bertz CT molecular complexity index is 741. The first-order chi connectivity index (χ1) is 13.7. The number of carbonyl (C=O) groups excluding carboxylic acids is 1. The summed E-state index contributed by atoms with van der Waals surface area (Å²) in [5.41, 5.74) is 1.13. The molecule has 5 heteroatoms. The first-order valence-corrected chi connectivity index (χ1v) is 9.89. The van der Waals surface area contributed by atoms with Crippen LogP contribution in [0.15, 0.2) is 54.6 Å². The SMILES string of the molecule is COc1ccccc1C1(CNC(=O)COCCOc2ccccc2)CCCC1. The molecule has 28 heavy (non-hydrogen) atoms. The molecule has 2 aromatic carbocycles. The van der Waals surface area contributed by atoms with Crippen LogP contribution >= 0.6 is 0 Å². The van der Waals surface area contributed by atoms with E-state index in [9.17, 15) is 4.79 Å². The second-order valence-corrected chi connectivity index (χ2v) is 7.18. The summed E-state index contributed by atoms with van der Waals surface area (Å²) in [4.78, 5) is 12.3. The Kier molecular flexibility index (Phi) is 7.31. The normalized spacial score (nSPS) is 15.2. The molecular weight excluding hydrogens is 354 g/mol. The summed E-state index contributed by atoms with van der Waals surface area (Å²) in [5.74, 6) is 1.60. The molecule has 1 fully saturated rings. The number of hydrogen-bond acceptors (Lipinski definition) is 4. The van der Waals surface area contributed by atoms with Gasteiger partial charge in [-0.3, -0.25) is 4.79 Å². The van der Waals surface area contributed by atoms with Crippen LogP contribution in [0.2, 0.25) is 0 Å². The third-order valence-electron chi connectivity index (χ3n) is 5.34. The molecule has 0 unspecified atom stereocenters. The highest BCUT2D eigenvalue weighted by Gasteiger charge is 2.37. The molecule has 3 rings (SSSR count). The van der Waals surface area contributed by atoms with Crippen molar-refractivity contribution < 1.29 is 19.0 Å². The summed E-state index contributed by atoms with van der Waals surface area (Å²) in [6.07, 6.45) is 4.45. The number of carbonyl (C=O) groups is 1. The van der Waals surface area contributed by atoms with Gasteiger partial charge in [0, 0.05) is 17.5 Å². The molecule has 0 aliphatic heterocycles. The summed E-state index contributed by atoms with van der Waals surface area (Å²) >= 11 is 0. The van der Waals surface area contributed by atoms with Crippen LogP contribution in [0, 0.1) is 0 Å². The number of benzene rings is 2. The number of hydrogen-bond donors (Lipinski definition) is 1. The van der Waals surface area contributed by atoms with Crippen molar-refractivity contribution >= 4 is 5.91 Å². The molecule has 1 aliphatic carbocycles. The Hall–Kier alpha value is -2.53. The van der Waals surface area contributed by atoms with E-state index in [2.05, 4.69) is 11.4 Å². The minimum Gasteiger partial charge on any atom is -0.496 e. The molecule has 0 heterocycles. The minimum atomic E-state index is -0.0964. The Morgan fingerprint density at radius 3 is 2.46 bits per heavy atom. The van der Waals surface area contributed by atoms with Crippen molar-refractivity contribution in [3.8, 4) is 11.5 Å². The van der Waals surface area contributed by atoms with Gasteiger partial charge in [-0.05, 0) is 31.0 Å². The monoisotopic (exact) mass is 383 g/mol. The summed E-state index contributed by atoms with van der Waals surface area (Å²) in [6, 6.07) is 17.7. The maximum Gasteiger partial charge on any atom is 0.246 e. The van der Waals surface area contributed by atoms with Gasteiger partial charge in [0.1, 0.15) is 24.7 Å². The van der Waals surface area contributed by atoms with Crippen LogP contribution in [0.1, 0.15) is 31.2 Å². The smallest absolute Gasteiger partial charge is 0.246 e. The molecule has 0 atom stereocenters. The standard InChI is InChI=1S/C23H29NO4/c1-26-21-12-6-5-11-20(21)23(13-7-8-14-23)18-24-22(25)17-27-15-16-28-19-9-3-2-4-10-19/h2-6,9-12H,7-8,13-18H2,1H3,(H,24,25). The van der Waals surface area contributed by atoms with Crippen molar-refractivity contribution in [1.29, 1.82) is 0 Å². The molecule has 2 aromatic rings. The summed E-state index contributed by atoms with van der Waals surface area (Å²) in [5, 5.41) is 3.06. The van der Waals surface area contributed by atoms with E-state index in [1.807, 2.05) is 48.5 Å². The summed E-state index contributed by atoms with van der Waals surface area (Å²) < 4.78 is 16.6. The van der Waals surface area contributed by atoms with Gasteiger partial charge in [-0.2, -0.15) is 0 Å². The highest BCUT2D eigenvalue weighted by Crippen LogP contribution is 2.44. The molecule has 0 radical (unpaired) electrons. The van der Waals surface area contributed by atoms with Gasteiger partial charge in [0.15, 0.2) is 0 Å². The van der Waals surface area contributed by atoms with Crippen molar-refractivity contribution in [3.63, 3.8) is 0 Å². The predicted octanol–water partition coefficient (Wildman–Crippen LogP) is 3.72. The number of methoxy groups -OCH3 is 1. The minimum absolute atomic E-state index is 0.0418. The van der Waals surface area contributed by atoms with Crippen LogP contribution in [0.4, 0.5) is 0 Å². The summed E-state index contributed by atoms with van der Waals surface area (Å²) in [6.45, 7) is 1.44. The number of ether oxygens (including phenoxy) is 3. The zero-order valence-electron chi connectivity index (χ0n) is 16.5. The number of para-hydroxylation sites is 2. The zero-order valence-corrected chi connectivity index (χ0v) is 16.5. The van der Waals surface area contributed by atoms with Crippen LogP contribution in [0.3, 0.4) is 0 Å². The maximum absolute atomic E-state index is 12.3. The highest BCUT2D eigenvalue weighted by molar-refractivity contribution is 5.77. The first kappa shape index (κ1) is 20.2. The molecule has 0 spiro atoms. The molecular formula is C23H29NO4. The van der Waals surface area contributed by atoms with Crippen LogP contribution in [-0.4, -0.2) is 39.4 Å².